The summed E-state index contributed by atoms with van der Waals surface area (Å²) in [7, 11) is 1.74. The highest BCUT2D eigenvalue weighted by molar-refractivity contribution is 5.77. The Morgan fingerprint density at radius 2 is 1.64 bits per heavy atom. The first-order valence-corrected chi connectivity index (χ1v) is 10.9. The molecule has 0 aromatic heterocycles. The predicted molar refractivity (Wildman–Crippen MR) is 136 cm³/mol. The number of nitrogens with one attached hydrogen (secondary N) is 2. The Morgan fingerprint density at radius 1 is 1.00 bits per heavy atom. The molecule has 0 saturated heterocycles. The maximum Gasteiger partial charge on any atom is 0.270 e. The molecule has 0 aliphatic rings. The number of halogens is 3. The van der Waals surface area contributed by atoms with Gasteiger partial charge in [0.1, 0.15) is 5.67 Å². The van der Waals surface area contributed by atoms with E-state index in [1.54, 1.807) is 39.4 Å². The Labute approximate surface area is 197 Å². The molecule has 0 aliphatic heterocycles. The van der Waals surface area contributed by atoms with Crippen molar-refractivity contribution < 1.29 is 13.2 Å². The monoisotopic (exact) mass is 461 g/mol. The number of alkyl halides is 3. The van der Waals surface area contributed by atoms with E-state index in [-0.39, 0.29) is 5.56 Å². The van der Waals surface area contributed by atoms with E-state index in [0.29, 0.717) is 13.0 Å². The van der Waals surface area contributed by atoms with Crippen LogP contribution in [0.4, 0.5) is 18.9 Å². The average Bonchev–Trinajstić information content (AvgIpc) is 2.72. The molecule has 0 heterocycles. The number of aliphatic imine (C=N–C) groups is 1. The van der Waals surface area contributed by atoms with E-state index < -0.39 is 11.6 Å². The number of rotatable bonds is 8. The molecule has 3 nitrogen and oxygen atoms in total. The predicted octanol–water partition coefficient (Wildman–Crippen LogP) is 6.67. The Morgan fingerprint density at radius 3 is 2.12 bits per heavy atom. The smallest absolute Gasteiger partial charge is 0.270 e. The van der Waals surface area contributed by atoms with Crippen LogP contribution < -0.4 is 10.6 Å². The van der Waals surface area contributed by atoms with Crippen LogP contribution in [0.25, 0.3) is 0 Å². The third kappa shape index (κ3) is 12.1. The summed E-state index contributed by atoms with van der Waals surface area (Å²) in [6.07, 6.45) is 10.3. The van der Waals surface area contributed by atoms with Crippen LogP contribution in [-0.2, 0) is 12.3 Å². The van der Waals surface area contributed by atoms with Crippen LogP contribution in [0.3, 0.4) is 0 Å². The van der Waals surface area contributed by atoms with E-state index in [2.05, 4.69) is 40.6 Å². The van der Waals surface area contributed by atoms with E-state index in [1.807, 2.05) is 26.8 Å². The summed E-state index contributed by atoms with van der Waals surface area (Å²) in [6, 6.07) is 10.8. The van der Waals surface area contributed by atoms with Crippen LogP contribution in [-0.4, -0.2) is 32.1 Å². The lowest BCUT2D eigenvalue weighted by molar-refractivity contribution is 0.0174. The molecule has 33 heavy (non-hydrogen) atoms. The van der Waals surface area contributed by atoms with Gasteiger partial charge >= 0.3 is 0 Å². The molecule has 2 aromatic rings. The van der Waals surface area contributed by atoms with Gasteiger partial charge in [-0.15, -0.1) is 12.8 Å². The minimum atomic E-state index is -2.81. The Hall–Kier alpha value is -2.78. The fourth-order valence-electron chi connectivity index (χ4n) is 3.02. The highest BCUT2D eigenvalue weighted by Crippen LogP contribution is 2.29. The van der Waals surface area contributed by atoms with Crippen molar-refractivity contribution in [2.75, 3.05) is 25.5 Å². The summed E-state index contributed by atoms with van der Waals surface area (Å²) in [5.74, 6) is -2.81. The summed E-state index contributed by atoms with van der Waals surface area (Å²) in [6.45, 7) is 11.2. The molecule has 0 aliphatic carbocycles. The molecule has 0 unspecified atom stereocenters. The Bertz CT molecular complexity index is 892. The number of nitrogens with zero attached hydrogens (tertiary/aromatic N) is 1. The zero-order valence-electron chi connectivity index (χ0n) is 20.9. The van der Waals surface area contributed by atoms with E-state index >= 15 is 0 Å². The van der Waals surface area contributed by atoms with E-state index in [4.69, 9.17) is 0 Å². The van der Waals surface area contributed by atoms with E-state index in [1.165, 1.54) is 6.07 Å². The van der Waals surface area contributed by atoms with Gasteiger partial charge in [0.2, 0.25) is 0 Å². The van der Waals surface area contributed by atoms with Crippen LogP contribution in [0.5, 0.6) is 0 Å². The summed E-state index contributed by atoms with van der Waals surface area (Å²) < 4.78 is 39.3. The fraction of sp³-hybridized carbons (Fsp3) is 0.444. The second-order valence-corrected chi connectivity index (χ2v) is 8.38. The molecule has 0 amide bonds. The van der Waals surface area contributed by atoms with Gasteiger partial charge in [0.05, 0.1) is 6.34 Å². The van der Waals surface area contributed by atoms with Crippen LogP contribution >= 0.6 is 0 Å². The third-order valence-corrected chi connectivity index (χ3v) is 4.60. The fourth-order valence-corrected chi connectivity index (χ4v) is 3.02. The molecule has 182 valence electrons. The minimum Gasteiger partial charge on any atom is -0.347 e. The van der Waals surface area contributed by atoms with Gasteiger partial charge in [-0.3, -0.25) is 4.99 Å². The summed E-state index contributed by atoms with van der Waals surface area (Å²) >= 11 is 0. The number of benzene rings is 2. The molecule has 2 aromatic carbocycles. The van der Waals surface area contributed by atoms with Gasteiger partial charge in [-0.2, -0.15) is 0 Å². The lowest BCUT2D eigenvalue weighted by atomic mass is 9.96. The lowest BCUT2D eigenvalue weighted by Crippen LogP contribution is -2.27. The summed E-state index contributed by atoms with van der Waals surface area (Å²) in [4.78, 5) is 4.15. The molecule has 0 fully saturated rings. The first-order valence-electron chi connectivity index (χ1n) is 10.9. The standard InChI is InChI=1S/C20H24F2N2.C5H12FN.C2H2/c1-5-23-13-24-19-10-14(2)17(9-15(19)3)11-16-7-6-8-18(12-16)20(4,21)22;1-5(2,6)4-7-3;1-2/h6-10,12-13H,5,11H2,1-4H3,(H,23,24);7H,4H2,1-3H3;1-2H. The molecule has 0 spiro atoms. The molecule has 0 saturated carbocycles. The molecular formula is C27H38F3N3. The van der Waals surface area contributed by atoms with Gasteiger partial charge in [-0.05, 0) is 82.5 Å². The Kier molecular flexibility index (Phi) is 13.2. The summed E-state index contributed by atoms with van der Waals surface area (Å²) in [5, 5.41) is 5.92. The van der Waals surface area contributed by atoms with Crippen molar-refractivity contribution in [3.8, 4) is 12.8 Å². The normalized spacial score (nSPS) is 11.3. The van der Waals surface area contributed by atoms with Crippen LogP contribution in [0, 0.1) is 26.7 Å². The van der Waals surface area contributed by atoms with Crippen molar-refractivity contribution >= 4 is 12.0 Å². The number of terminal acetylenes is 1. The first-order chi connectivity index (χ1) is 15.4. The van der Waals surface area contributed by atoms with Crippen molar-refractivity contribution in [3.05, 3.63) is 64.2 Å². The van der Waals surface area contributed by atoms with Crippen LogP contribution in [0.2, 0.25) is 0 Å². The number of hydrogen-bond donors (Lipinski definition) is 2. The highest BCUT2D eigenvalue weighted by Gasteiger charge is 2.24. The van der Waals surface area contributed by atoms with E-state index in [0.717, 1.165) is 41.4 Å². The number of hydrogen-bond acceptors (Lipinski definition) is 2. The van der Waals surface area contributed by atoms with Crippen molar-refractivity contribution in [2.45, 2.75) is 59.6 Å². The molecule has 2 N–H and O–H groups in total. The van der Waals surface area contributed by atoms with Crippen molar-refractivity contribution in [1.29, 1.82) is 0 Å². The van der Waals surface area contributed by atoms with Crippen LogP contribution in [0.1, 0.15) is 55.5 Å². The van der Waals surface area contributed by atoms with E-state index in [9.17, 15) is 13.2 Å². The van der Waals surface area contributed by atoms with Gasteiger partial charge in [-0.1, -0.05) is 24.3 Å². The highest BCUT2D eigenvalue weighted by atomic mass is 19.3. The maximum absolute atomic E-state index is 13.5. The quantitative estimate of drug-likeness (QED) is 0.262. The second-order valence-electron chi connectivity index (χ2n) is 8.38. The molecule has 6 heteroatoms. The molecule has 0 bridgehead atoms. The minimum absolute atomic E-state index is 0.0587. The SMILES string of the molecule is C#C.CCN=CNc1cc(C)c(Cc2cccc(C(C)(F)F)c2)cc1C.CNCC(C)(C)F. The maximum atomic E-state index is 13.5. The third-order valence-electron chi connectivity index (χ3n) is 4.60. The van der Waals surface area contributed by atoms with Crippen molar-refractivity contribution in [3.63, 3.8) is 0 Å². The van der Waals surface area contributed by atoms with Gasteiger partial charge in [-0.25, -0.2) is 13.2 Å². The van der Waals surface area contributed by atoms with Gasteiger partial charge in [0, 0.05) is 31.3 Å². The molecule has 2 rings (SSSR count). The van der Waals surface area contributed by atoms with Crippen molar-refractivity contribution in [1.82, 2.24) is 5.32 Å². The Balaban J connectivity index is 0.000000973. The molecular weight excluding hydrogens is 423 g/mol. The zero-order valence-corrected chi connectivity index (χ0v) is 20.9. The lowest BCUT2D eigenvalue weighted by Gasteiger charge is -2.14. The van der Waals surface area contributed by atoms with Gasteiger partial charge < -0.3 is 10.6 Å². The first kappa shape index (κ1) is 30.2. The van der Waals surface area contributed by atoms with Gasteiger partial charge in [0.15, 0.2) is 0 Å². The largest absolute Gasteiger partial charge is 0.347 e. The number of anilines is 1. The second kappa shape index (κ2) is 14.4. The molecule has 0 atom stereocenters. The van der Waals surface area contributed by atoms with Gasteiger partial charge in [0.25, 0.3) is 5.92 Å². The van der Waals surface area contributed by atoms with Crippen molar-refractivity contribution in [2.24, 2.45) is 4.99 Å². The molecule has 0 radical (unpaired) electrons. The summed E-state index contributed by atoms with van der Waals surface area (Å²) in [5.41, 5.74) is 4.28. The zero-order chi connectivity index (χ0) is 25.7. The topological polar surface area (TPSA) is 36.4 Å². The number of aryl methyl sites for hydroxylation is 2. The average molecular weight is 462 g/mol. The van der Waals surface area contributed by atoms with Crippen LogP contribution in [0.15, 0.2) is 41.4 Å².